The molecule has 6 heteroatoms. The van der Waals surface area contributed by atoms with Gasteiger partial charge >= 0.3 is 5.97 Å². The molecule has 2 rings (SSSR count). The van der Waals surface area contributed by atoms with E-state index < -0.39 is 12.0 Å². The predicted molar refractivity (Wildman–Crippen MR) is 121 cm³/mol. The second-order valence-electron chi connectivity index (χ2n) is 6.33. The van der Waals surface area contributed by atoms with Gasteiger partial charge in [-0.3, -0.25) is 9.89 Å². The number of carbonyl (C=O) groups is 1. The molecule has 0 N–H and O–H groups in total. The highest BCUT2D eigenvalue weighted by atomic mass is 35.5. The molecule has 0 aliphatic heterocycles. The van der Waals surface area contributed by atoms with Crippen molar-refractivity contribution >= 4 is 34.9 Å². The van der Waals surface area contributed by atoms with Crippen LogP contribution in [0.5, 0.6) is 0 Å². The lowest BCUT2D eigenvalue weighted by Crippen LogP contribution is -2.37. The maximum absolute atomic E-state index is 12.5. The molecule has 1 atom stereocenters. The van der Waals surface area contributed by atoms with Gasteiger partial charge in [-0.1, -0.05) is 59.6 Å². The molecule has 2 aromatic rings. The third-order valence-corrected chi connectivity index (χ3v) is 4.70. The Kier molecular flexibility index (Phi) is 9.13. The van der Waals surface area contributed by atoms with E-state index in [-0.39, 0.29) is 0 Å². The summed E-state index contributed by atoms with van der Waals surface area (Å²) in [6.45, 7) is 9.13. The van der Waals surface area contributed by atoms with Crippen molar-refractivity contribution in [2.24, 2.45) is 4.99 Å². The molecular weight excluding hydrogens is 407 g/mol. The van der Waals surface area contributed by atoms with E-state index in [1.807, 2.05) is 29.2 Å². The van der Waals surface area contributed by atoms with Crippen LogP contribution in [0.4, 0.5) is 0 Å². The molecule has 0 bridgehead atoms. The van der Waals surface area contributed by atoms with Crippen molar-refractivity contribution < 1.29 is 9.53 Å². The first kappa shape index (κ1) is 22.9. The van der Waals surface area contributed by atoms with Crippen molar-refractivity contribution in [2.75, 3.05) is 26.7 Å². The number of aliphatic imine (C=N–C) groups is 1. The minimum atomic E-state index is -0.721. The molecule has 0 spiro atoms. The van der Waals surface area contributed by atoms with E-state index in [2.05, 4.69) is 13.2 Å². The number of rotatable bonds is 10. The predicted octanol–water partition coefficient (Wildman–Crippen LogP) is 5.05. The fourth-order valence-corrected chi connectivity index (χ4v) is 3.08. The number of hydrogen-bond acceptors (Lipinski definition) is 4. The van der Waals surface area contributed by atoms with Crippen molar-refractivity contribution in [3.05, 3.63) is 95.0 Å². The number of hydrogen-bond donors (Lipinski definition) is 0. The number of esters is 1. The summed E-state index contributed by atoms with van der Waals surface area (Å²) < 4.78 is 5.01. The summed E-state index contributed by atoms with van der Waals surface area (Å²) in [6.07, 6.45) is 3.56. The number of benzene rings is 2. The van der Waals surface area contributed by atoms with Crippen LogP contribution in [0.25, 0.3) is 0 Å². The van der Waals surface area contributed by atoms with Crippen molar-refractivity contribution in [1.29, 1.82) is 0 Å². The summed E-state index contributed by atoms with van der Waals surface area (Å²) >= 11 is 12.1. The van der Waals surface area contributed by atoms with Gasteiger partial charge in [-0.15, -0.1) is 13.2 Å². The van der Waals surface area contributed by atoms with Gasteiger partial charge in [0.15, 0.2) is 6.04 Å². The average Bonchev–Trinajstić information content (AvgIpc) is 2.72. The first-order chi connectivity index (χ1) is 14.0. The van der Waals surface area contributed by atoms with Crippen LogP contribution < -0.4 is 0 Å². The molecule has 4 nitrogen and oxygen atoms in total. The lowest BCUT2D eigenvalue weighted by Gasteiger charge is -2.23. The molecule has 0 aliphatic rings. The van der Waals surface area contributed by atoms with Crippen LogP contribution in [0.2, 0.25) is 10.0 Å². The monoisotopic (exact) mass is 430 g/mol. The van der Waals surface area contributed by atoms with Gasteiger partial charge < -0.3 is 4.74 Å². The first-order valence-corrected chi connectivity index (χ1v) is 9.85. The Morgan fingerprint density at radius 1 is 1.00 bits per heavy atom. The maximum atomic E-state index is 12.5. The maximum Gasteiger partial charge on any atom is 0.331 e. The Morgan fingerprint density at radius 2 is 1.45 bits per heavy atom. The van der Waals surface area contributed by atoms with Gasteiger partial charge in [0.2, 0.25) is 0 Å². The molecule has 0 amide bonds. The first-order valence-electron chi connectivity index (χ1n) is 9.10. The lowest BCUT2D eigenvalue weighted by molar-refractivity contribution is -0.142. The summed E-state index contributed by atoms with van der Waals surface area (Å²) in [5.74, 6) is -0.413. The SMILES string of the molecule is C=CCN(CC=C)CC(N=C(c1ccc(Cl)cc1)c1ccc(Cl)cc1)C(=O)OC. The number of ether oxygens (including phenoxy) is 1. The molecule has 0 saturated carbocycles. The minimum Gasteiger partial charge on any atom is -0.467 e. The smallest absolute Gasteiger partial charge is 0.331 e. The molecule has 0 heterocycles. The standard InChI is InChI=1S/C23H24Cl2N2O2/c1-4-14-27(15-5-2)16-21(23(28)29-3)26-22(17-6-10-19(24)11-7-17)18-8-12-20(25)13-9-18/h4-13,21H,1-2,14-16H2,3H3. The summed E-state index contributed by atoms with van der Waals surface area (Å²) in [5, 5.41) is 1.24. The molecule has 0 fully saturated rings. The Labute approximate surface area is 182 Å². The fourth-order valence-electron chi connectivity index (χ4n) is 2.82. The second-order valence-corrected chi connectivity index (χ2v) is 7.20. The van der Waals surface area contributed by atoms with Crippen LogP contribution >= 0.6 is 23.2 Å². The van der Waals surface area contributed by atoms with Crippen molar-refractivity contribution in [1.82, 2.24) is 4.90 Å². The van der Waals surface area contributed by atoms with Crippen LogP contribution in [0.1, 0.15) is 11.1 Å². The second kappa shape index (κ2) is 11.6. The molecule has 0 aliphatic carbocycles. The summed E-state index contributed by atoms with van der Waals surface area (Å²) in [5.41, 5.74) is 2.33. The third kappa shape index (κ3) is 6.86. The number of carbonyl (C=O) groups excluding carboxylic acids is 1. The van der Waals surface area contributed by atoms with Gasteiger partial charge in [0, 0.05) is 40.8 Å². The number of nitrogens with zero attached hydrogens (tertiary/aromatic N) is 2. The van der Waals surface area contributed by atoms with Crippen LogP contribution in [0.3, 0.4) is 0 Å². The lowest BCUT2D eigenvalue weighted by atomic mass is 10.0. The Balaban J connectivity index is 2.51. The fraction of sp³-hybridized carbons (Fsp3) is 0.217. The van der Waals surface area contributed by atoms with E-state index in [1.165, 1.54) is 7.11 Å². The van der Waals surface area contributed by atoms with E-state index in [9.17, 15) is 4.79 Å². The Bertz CT molecular complexity index is 804. The van der Waals surface area contributed by atoms with Crippen molar-refractivity contribution in [2.45, 2.75) is 6.04 Å². The van der Waals surface area contributed by atoms with Crippen LogP contribution in [-0.4, -0.2) is 49.4 Å². The topological polar surface area (TPSA) is 41.9 Å². The zero-order valence-electron chi connectivity index (χ0n) is 16.4. The normalized spacial score (nSPS) is 11.6. The van der Waals surface area contributed by atoms with Crippen LogP contribution in [0.15, 0.2) is 78.8 Å². The molecule has 0 aromatic heterocycles. The van der Waals surface area contributed by atoms with Gasteiger partial charge in [0.25, 0.3) is 0 Å². The van der Waals surface area contributed by atoms with Gasteiger partial charge in [-0.25, -0.2) is 4.79 Å². The summed E-state index contributed by atoms with van der Waals surface area (Å²) in [6, 6.07) is 13.9. The van der Waals surface area contributed by atoms with Gasteiger partial charge in [0.05, 0.1) is 12.8 Å². The quantitative estimate of drug-likeness (QED) is 0.301. The molecule has 2 aromatic carbocycles. The molecule has 0 saturated heterocycles. The Hall–Kier alpha value is -2.40. The molecular formula is C23H24Cl2N2O2. The zero-order chi connectivity index (χ0) is 21.2. The van der Waals surface area contributed by atoms with Gasteiger partial charge in [-0.05, 0) is 24.3 Å². The van der Waals surface area contributed by atoms with Gasteiger partial charge in [0.1, 0.15) is 0 Å². The van der Waals surface area contributed by atoms with E-state index in [0.29, 0.717) is 35.4 Å². The Morgan fingerprint density at radius 3 is 1.83 bits per heavy atom. The average molecular weight is 431 g/mol. The molecule has 29 heavy (non-hydrogen) atoms. The highest BCUT2D eigenvalue weighted by Gasteiger charge is 2.23. The third-order valence-electron chi connectivity index (χ3n) is 4.20. The highest BCUT2D eigenvalue weighted by Crippen LogP contribution is 2.18. The minimum absolute atomic E-state index is 0.370. The largest absolute Gasteiger partial charge is 0.467 e. The highest BCUT2D eigenvalue weighted by molar-refractivity contribution is 6.31. The van der Waals surface area contributed by atoms with Crippen LogP contribution in [0, 0.1) is 0 Å². The van der Waals surface area contributed by atoms with E-state index in [0.717, 1.165) is 11.1 Å². The summed E-state index contributed by atoms with van der Waals surface area (Å²) in [4.78, 5) is 19.3. The van der Waals surface area contributed by atoms with E-state index >= 15 is 0 Å². The number of methoxy groups -OCH3 is 1. The van der Waals surface area contributed by atoms with Crippen molar-refractivity contribution in [3.63, 3.8) is 0 Å². The van der Waals surface area contributed by atoms with Gasteiger partial charge in [-0.2, -0.15) is 0 Å². The molecule has 152 valence electrons. The number of halogens is 2. The van der Waals surface area contributed by atoms with E-state index in [1.54, 1.807) is 36.4 Å². The zero-order valence-corrected chi connectivity index (χ0v) is 17.9. The van der Waals surface area contributed by atoms with Crippen LogP contribution in [-0.2, 0) is 9.53 Å². The summed E-state index contributed by atoms with van der Waals surface area (Å²) in [7, 11) is 1.36. The molecule has 0 radical (unpaired) electrons. The molecule has 1 unspecified atom stereocenters. The van der Waals surface area contributed by atoms with E-state index in [4.69, 9.17) is 32.9 Å². The van der Waals surface area contributed by atoms with Crippen molar-refractivity contribution in [3.8, 4) is 0 Å².